The molecule has 0 aromatic carbocycles. The van der Waals surface area contributed by atoms with E-state index in [1.54, 1.807) is 0 Å². The van der Waals surface area contributed by atoms with Gasteiger partial charge in [0.2, 0.25) is 0 Å². The van der Waals surface area contributed by atoms with Crippen LogP contribution in [0, 0.1) is 5.92 Å². The third kappa shape index (κ3) is 2.59. The van der Waals surface area contributed by atoms with Gasteiger partial charge < -0.3 is 5.73 Å². The van der Waals surface area contributed by atoms with Crippen LogP contribution in [0.3, 0.4) is 0 Å². The van der Waals surface area contributed by atoms with Gasteiger partial charge in [-0.05, 0) is 18.4 Å². The maximum absolute atomic E-state index is 6.14. The average molecular weight is 290 g/mol. The molecule has 0 saturated carbocycles. The fourth-order valence-electron chi connectivity index (χ4n) is 1.73. The zero-order valence-electron chi connectivity index (χ0n) is 9.55. The van der Waals surface area contributed by atoms with Crippen molar-refractivity contribution in [2.24, 2.45) is 5.92 Å². The van der Waals surface area contributed by atoms with Crippen LogP contribution in [0.15, 0.2) is 6.07 Å². The molecule has 0 aliphatic carbocycles. The second kappa shape index (κ2) is 4.88. The summed E-state index contributed by atoms with van der Waals surface area (Å²) in [4.78, 5) is 0. The Balaban J connectivity index is 2.48. The summed E-state index contributed by atoms with van der Waals surface area (Å²) >= 11 is 13.4. The minimum atomic E-state index is 0.501. The van der Waals surface area contributed by atoms with E-state index < -0.39 is 0 Å². The summed E-state index contributed by atoms with van der Waals surface area (Å²) in [6, 6.07) is 1.84. The van der Waals surface area contributed by atoms with E-state index in [-0.39, 0.29) is 0 Å². The first-order valence-corrected chi connectivity index (χ1v) is 6.84. The molecule has 92 valence electrons. The van der Waals surface area contributed by atoms with Crippen LogP contribution in [0.2, 0.25) is 8.67 Å². The van der Waals surface area contributed by atoms with Gasteiger partial charge in [0.25, 0.3) is 0 Å². The standard InChI is InChI=1S/C11H13Cl2N3S/c1-5(2)3-7-9(15-16-11(7)14)6-4-8(12)17-10(6)13/h4-5H,3H2,1-2H3,(H3,14,15,16). The number of nitrogens with two attached hydrogens (primary N) is 1. The number of nitrogen functional groups attached to an aromatic ring is 1. The smallest absolute Gasteiger partial charge is 0.149 e. The van der Waals surface area contributed by atoms with Gasteiger partial charge in [0.05, 0.1) is 10.0 Å². The number of aromatic amines is 1. The molecule has 0 saturated heterocycles. The van der Waals surface area contributed by atoms with Gasteiger partial charge in [0, 0.05) is 11.1 Å². The van der Waals surface area contributed by atoms with E-state index in [4.69, 9.17) is 28.9 Å². The summed E-state index contributed by atoms with van der Waals surface area (Å²) in [5.41, 5.74) is 8.63. The van der Waals surface area contributed by atoms with E-state index in [1.165, 1.54) is 11.3 Å². The van der Waals surface area contributed by atoms with Gasteiger partial charge in [-0.1, -0.05) is 37.0 Å². The third-order valence-corrected chi connectivity index (χ3v) is 3.93. The molecule has 0 fully saturated rings. The number of hydrogen-bond acceptors (Lipinski definition) is 3. The van der Waals surface area contributed by atoms with Crippen molar-refractivity contribution in [1.29, 1.82) is 0 Å². The first-order valence-electron chi connectivity index (χ1n) is 5.27. The van der Waals surface area contributed by atoms with E-state index >= 15 is 0 Å². The predicted molar refractivity (Wildman–Crippen MR) is 74.9 cm³/mol. The summed E-state index contributed by atoms with van der Waals surface area (Å²) in [6.45, 7) is 4.27. The van der Waals surface area contributed by atoms with E-state index in [0.717, 1.165) is 23.2 Å². The molecule has 0 bridgehead atoms. The normalized spacial score (nSPS) is 11.4. The van der Waals surface area contributed by atoms with Crippen molar-refractivity contribution in [3.05, 3.63) is 20.3 Å². The lowest BCUT2D eigenvalue weighted by Crippen LogP contribution is -1.98. The lowest BCUT2D eigenvalue weighted by molar-refractivity contribution is 0.649. The zero-order chi connectivity index (χ0) is 12.6. The summed E-state index contributed by atoms with van der Waals surface area (Å²) in [5, 5.41) is 6.99. The lowest BCUT2D eigenvalue weighted by atomic mass is 10.0. The monoisotopic (exact) mass is 289 g/mol. The van der Waals surface area contributed by atoms with Crippen LogP contribution in [0.1, 0.15) is 19.4 Å². The summed E-state index contributed by atoms with van der Waals surface area (Å²) < 4.78 is 1.32. The minimum Gasteiger partial charge on any atom is -0.382 e. The molecule has 17 heavy (non-hydrogen) atoms. The van der Waals surface area contributed by atoms with Gasteiger partial charge in [-0.3, -0.25) is 5.10 Å². The Morgan fingerprint density at radius 1 is 1.47 bits per heavy atom. The summed E-state index contributed by atoms with van der Waals surface area (Å²) in [6.07, 6.45) is 0.863. The van der Waals surface area contributed by atoms with Crippen molar-refractivity contribution in [3.8, 4) is 11.3 Å². The molecule has 2 aromatic rings. The van der Waals surface area contributed by atoms with Gasteiger partial charge in [-0.15, -0.1) is 11.3 Å². The molecular formula is C11H13Cl2N3S. The zero-order valence-corrected chi connectivity index (χ0v) is 11.9. The first kappa shape index (κ1) is 12.7. The Bertz CT molecular complexity index is 531. The van der Waals surface area contributed by atoms with Crippen LogP contribution >= 0.6 is 34.5 Å². The molecule has 0 atom stereocenters. The molecule has 0 spiro atoms. The molecular weight excluding hydrogens is 277 g/mol. The molecule has 2 aromatic heterocycles. The number of aromatic nitrogens is 2. The predicted octanol–water partition coefficient (Wildman–Crippen LogP) is 4.23. The van der Waals surface area contributed by atoms with Crippen LogP contribution in [0.5, 0.6) is 0 Å². The molecule has 3 N–H and O–H groups in total. The number of nitrogens with one attached hydrogen (secondary N) is 1. The van der Waals surface area contributed by atoms with Crippen LogP contribution in [0.25, 0.3) is 11.3 Å². The maximum Gasteiger partial charge on any atom is 0.149 e. The second-order valence-corrected chi connectivity index (χ2v) is 6.58. The number of hydrogen-bond donors (Lipinski definition) is 2. The fourth-order valence-corrected chi connectivity index (χ4v) is 3.20. The summed E-state index contributed by atoms with van der Waals surface area (Å²) in [7, 11) is 0. The maximum atomic E-state index is 6.14. The van der Waals surface area contributed by atoms with Crippen LogP contribution < -0.4 is 5.73 Å². The van der Waals surface area contributed by atoms with Gasteiger partial charge in [0.1, 0.15) is 10.2 Å². The van der Waals surface area contributed by atoms with E-state index in [9.17, 15) is 0 Å². The Morgan fingerprint density at radius 2 is 2.18 bits per heavy atom. The number of halogens is 2. The van der Waals surface area contributed by atoms with Gasteiger partial charge in [-0.2, -0.15) is 5.10 Å². The molecule has 0 radical (unpaired) electrons. The first-order chi connectivity index (χ1) is 7.99. The van der Waals surface area contributed by atoms with Crippen molar-refractivity contribution >= 4 is 40.4 Å². The van der Waals surface area contributed by atoms with E-state index in [2.05, 4.69) is 24.0 Å². The van der Waals surface area contributed by atoms with Crippen LogP contribution in [0.4, 0.5) is 5.82 Å². The number of anilines is 1. The largest absolute Gasteiger partial charge is 0.382 e. The molecule has 0 aliphatic heterocycles. The highest BCUT2D eigenvalue weighted by atomic mass is 35.5. The highest BCUT2D eigenvalue weighted by Crippen LogP contribution is 2.40. The molecule has 3 nitrogen and oxygen atoms in total. The molecule has 0 aliphatic rings. The summed E-state index contributed by atoms with van der Waals surface area (Å²) in [5.74, 6) is 1.04. The molecule has 0 amide bonds. The Labute approximate surface area is 114 Å². The number of H-pyrrole nitrogens is 1. The quantitative estimate of drug-likeness (QED) is 0.889. The highest BCUT2D eigenvalue weighted by molar-refractivity contribution is 7.20. The molecule has 6 heteroatoms. The van der Waals surface area contributed by atoms with Crippen molar-refractivity contribution in [3.63, 3.8) is 0 Å². The number of rotatable bonds is 3. The number of thiophene rings is 1. The topological polar surface area (TPSA) is 54.7 Å². The van der Waals surface area contributed by atoms with Gasteiger partial charge in [-0.25, -0.2) is 0 Å². The second-order valence-electron chi connectivity index (χ2n) is 4.30. The number of nitrogens with zero attached hydrogens (tertiary/aromatic N) is 1. The van der Waals surface area contributed by atoms with Crippen molar-refractivity contribution in [1.82, 2.24) is 10.2 Å². The van der Waals surface area contributed by atoms with Crippen molar-refractivity contribution < 1.29 is 0 Å². The Hall–Kier alpha value is -0.710. The molecule has 2 heterocycles. The van der Waals surface area contributed by atoms with E-state index in [1.807, 2.05) is 6.07 Å². The molecule has 0 unspecified atom stereocenters. The highest BCUT2D eigenvalue weighted by Gasteiger charge is 2.18. The fraction of sp³-hybridized carbons (Fsp3) is 0.364. The van der Waals surface area contributed by atoms with Gasteiger partial charge >= 0.3 is 0 Å². The van der Waals surface area contributed by atoms with Crippen molar-refractivity contribution in [2.75, 3.05) is 5.73 Å². The Morgan fingerprint density at radius 3 is 2.71 bits per heavy atom. The minimum absolute atomic E-state index is 0.501. The third-order valence-electron chi connectivity index (χ3n) is 2.44. The lowest BCUT2D eigenvalue weighted by Gasteiger charge is -2.06. The van der Waals surface area contributed by atoms with Gasteiger partial charge in [0.15, 0.2) is 0 Å². The van der Waals surface area contributed by atoms with Crippen LogP contribution in [-0.2, 0) is 6.42 Å². The van der Waals surface area contributed by atoms with Crippen molar-refractivity contribution in [2.45, 2.75) is 20.3 Å². The van der Waals surface area contributed by atoms with Crippen LogP contribution in [-0.4, -0.2) is 10.2 Å². The Kier molecular flexibility index (Phi) is 3.66. The SMILES string of the molecule is CC(C)Cc1c(N)n[nH]c1-c1cc(Cl)sc1Cl. The average Bonchev–Trinajstić information content (AvgIpc) is 2.71. The molecule has 2 rings (SSSR count). The van der Waals surface area contributed by atoms with E-state index in [0.29, 0.717) is 20.4 Å².